The largest absolute Gasteiger partial charge is 0.373 e. The van der Waals surface area contributed by atoms with E-state index in [0.717, 1.165) is 6.20 Å². The second-order valence-corrected chi connectivity index (χ2v) is 3.72. The average molecular weight is 343 g/mol. The highest BCUT2D eigenvalue weighted by atomic mass is 127. The zero-order chi connectivity index (χ0) is 12.5. The molecule has 1 amide bonds. The molecule has 1 heterocycles. The van der Waals surface area contributed by atoms with Crippen LogP contribution in [-0.4, -0.2) is 15.8 Å². The fourth-order valence-corrected chi connectivity index (χ4v) is 1.89. The summed E-state index contributed by atoms with van der Waals surface area (Å²) in [6.07, 6.45) is -2.28. The summed E-state index contributed by atoms with van der Waals surface area (Å²) in [5, 5.41) is 10.4. The quantitative estimate of drug-likeness (QED) is 0.512. The normalized spacial score (nSPS) is 10.5. The molecule has 0 aliphatic rings. The number of carbonyl (C=O) groups excluding carboxylic acids is 1. The van der Waals surface area contributed by atoms with Crippen molar-refractivity contribution in [3.8, 4) is 0 Å². The number of aromatic nitrogens is 1. The van der Waals surface area contributed by atoms with Crippen LogP contribution in [0, 0.1) is 13.7 Å². The summed E-state index contributed by atoms with van der Waals surface area (Å²) in [5.74, 6) is -1.93. The molecule has 2 N–H and O–H groups in total. The third-order valence-electron chi connectivity index (χ3n) is 1.69. The van der Waals surface area contributed by atoms with Gasteiger partial charge in [-0.3, -0.25) is 4.79 Å². The van der Waals surface area contributed by atoms with Crippen molar-refractivity contribution < 1.29 is 18.5 Å². The number of amides is 1. The van der Waals surface area contributed by atoms with Gasteiger partial charge in [0.1, 0.15) is 5.56 Å². The second kappa shape index (κ2) is 4.63. The molecule has 1 aromatic rings. The molecule has 0 atom stereocenters. The van der Waals surface area contributed by atoms with E-state index < -0.39 is 28.6 Å². The van der Waals surface area contributed by atoms with Crippen molar-refractivity contribution in [3.63, 3.8) is 0 Å². The molecule has 1 aromatic heterocycles. The molecule has 0 spiro atoms. The summed E-state index contributed by atoms with van der Waals surface area (Å²) < 4.78 is 24.9. The number of rotatable bonds is 3. The summed E-state index contributed by atoms with van der Waals surface area (Å²) in [7, 11) is 0. The van der Waals surface area contributed by atoms with Crippen LogP contribution in [0.3, 0.4) is 0 Å². The van der Waals surface area contributed by atoms with Gasteiger partial charge >= 0.3 is 5.82 Å². The summed E-state index contributed by atoms with van der Waals surface area (Å²) in [6.45, 7) is 0. The molecule has 0 unspecified atom stereocenters. The van der Waals surface area contributed by atoms with Gasteiger partial charge in [-0.25, -0.2) is 8.78 Å². The lowest BCUT2D eigenvalue weighted by Crippen LogP contribution is -2.16. The first-order valence-electron chi connectivity index (χ1n) is 3.77. The predicted octanol–water partition coefficient (Wildman–Crippen LogP) is 1.63. The Bertz CT molecular complexity index is 466. The molecule has 0 saturated carbocycles. The van der Waals surface area contributed by atoms with Crippen LogP contribution in [-0.2, 0) is 0 Å². The van der Waals surface area contributed by atoms with Crippen LogP contribution in [0.5, 0.6) is 0 Å². The summed E-state index contributed by atoms with van der Waals surface area (Å²) in [4.78, 5) is 23.5. The molecule has 16 heavy (non-hydrogen) atoms. The predicted molar refractivity (Wildman–Crippen MR) is 57.1 cm³/mol. The fraction of sp³-hybridized carbons (Fsp3) is 0.143. The number of hydrogen-bond acceptors (Lipinski definition) is 4. The number of nitrogens with two attached hydrogens (primary N) is 1. The monoisotopic (exact) mass is 343 g/mol. The Morgan fingerprint density at radius 1 is 1.62 bits per heavy atom. The van der Waals surface area contributed by atoms with E-state index in [1.807, 2.05) is 0 Å². The number of carbonyl (C=O) groups is 1. The van der Waals surface area contributed by atoms with Crippen LogP contribution < -0.4 is 5.73 Å². The zero-order valence-corrected chi connectivity index (χ0v) is 9.64. The van der Waals surface area contributed by atoms with Gasteiger partial charge in [0.25, 0.3) is 12.3 Å². The average Bonchev–Trinajstić information content (AvgIpc) is 2.15. The van der Waals surface area contributed by atoms with Gasteiger partial charge in [0.2, 0.25) is 0 Å². The van der Waals surface area contributed by atoms with Crippen LogP contribution in [0.2, 0.25) is 0 Å². The topological polar surface area (TPSA) is 99.1 Å². The minimum Gasteiger partial charge on any atom is -0.365 e. The summed E-state index contributed by atoms with van der Waals surface area (Å²) >= 11 is 1.41. The standard InChI is InChI=1S/C7H4F2IN3O3/c8-5(9)3-4(10)2(6(11)14)1-12-7(3)13(15)16/h1,5H,(H2,11,14). The van der Waals surface area contributed by atoms with Gasteiger partial charge in [0, 0.05) is 3.57 Å². The Hall–Kier alpha value is -1.39. The van der Waals surface area contributed by atoms with Crippen molar-refractivity contribution in [2.24, 2.45) is 5.73 Å². The van der Waals surface area contributed by atoms with Gasteiger partial charge in [-0.1, -0.05) is 0 Å². The first-order chi connectivity index (χ1) is 7.36. The maximum Gasteiger partial charge on any atom is 0.373 e. The summed E-state index contributed by atoms with van der Waals surface area (Å²) in [6, 6.07) is 0. The highest BCUT2D eigenvalue weighted by Crippen LogP contribution is 2.32. The minimum absolute atomic E-state index is 0.248. The molecule has 1 rings (SSSR count). The van der Waals surface area contributed by atoms with Crippen molar-refractivity contribution in [1.82, 2.24) is 4.98 Å². The Kier molecular flexibility index (Phi) is 3.67. The van der Waals surface area contributed by atoms with E-state index in [-0.39, 0.29) is 9.13 Å². The molecule has 0 aromatic carbocycles. The minimum atomic E-state index is -3.10. The van der Waals surface area contributed by atoms with Gasteiger partial charge in [-0.2, -0.15) is 0 Å². The molecule has 6 nitrogen and oxygen atoms in total. The first kappa shape index (κ1) is 12.7. The molecule has 0 saturated heterocycles. The Morgan fingerprint density at radius 3 is 2.56 bits per heavy atom. The van der Waals surface area contributed by atoms with Crippen LogP contribution in [0.4, 0.5) is 14.6 Å². The van der Waals surface area contributed by atoms with Crippen LogP contribution >= 0.6 is 22.6 Å². The van der Waals surface area contributed by atoms with Gasteiger partial charge in [-0.05, 0) is 32.5 Å². The van der Waals surface area contributed by atoms with Crippen molar-refractivity contribution in [1.29, 1.82) is 0 Å². The van der Waals surface area contributed by atoms with Crippen LogP contribution in [0.1, 0.15) is 22.3 Å². The number of primary amides is 1. The SMILES string of the molecule is NC(=O)c1cnc([N+](=O)[O-])c(C(F)F)c1I. The molecular weight excluding hydrogens is 339 g/mol. The number of halogens is 3. The van der Waals surface area contributed by atoms with Gasteiger partial charge < -0.3 is 15.8 Å². The van der Waals surface area contributed by atoms with E-state index >= 15 is 0 Å². The molecule has 0 radical (unpaired) electrons. The molecule has 86 valence electrons. The van der Waals surface area contributed by atoms with Crippen LogP contribution in [0.25, 0.3) is 0 Å². The lowest BCUT2D eigenvalue weighted by Gasteiger charge is -2.05. The lowest BCUT2D eigenvalue weighted by atomic mass is 10.2. The van der Waals surface area contributed by atoms with Gasteiger partial charge in [0.05, 0.1) is 5.56 Å². The number of nitro groups is 1. The highest BCUT2D eigenvalue weighted by Gasteiger charge is 2.29. The molecule has 0 aliphatic carbocycles. The number of hydrogen-bond donors (Lipinski definition) is 1. The smallest absolute Gasteiger partial charge is 0.365 e. The Labute approximate surface area is 101 Å². The van der Waals surface area contributed by atoms with E-state index in [1.54, 1.807) is 0 Å². The number of pyridine rings is 1. The fourth-order valence-electron chi connectivity index (χ4n) is 1.01. The van der Waals surface area contributed by atoms with E-state index in [1.165, 1.54) is 22.6 Å². The van der Waals surface area contributed by atoms with Crippen molar-refractivity contribution in [2.45, 2.75) is 6.43 Å². The van der Waals surface area contributed by atoms with Crippen molar-refractivity contribution >= 4 is 34.3 Å². The first-order valence-corrected chi connectivity index (χ1v) is 4.84. The molecule has 9 heteroatoms. The molecular formula is C7H4F2IN3O3. The molecule has 0 fully saturated rings. The maximum absolute atomic E-state index is 12.6. The number of nitrogens with zero attached hydrogens (tertiary/aromatic N) is 2. The van der Waals surface area contributed by atoms with E-state index in [0.29, 0.717) is 0 Å². The summed E-state index contributed by atoms with van der Waals surface area (Å²) in [5.41, 5.74) is 3.76. The number of alkyl halides is 2. The van der Waals surface area contributed by atoms with E-state index in [4.69, 9.17) is 5.73 Å². The van der Waals surface area contributed by atoms with Gasteiger partial charge in [-0.15, -0.1) is 0 Å². The third kappa shape index (κ3) is 2.23. The highest BCUT2D eigenvalue weighted by molar-refractivity contribution is 14.1. The van der Waals surface area contributed by atoms with Crippen LogP contribution in [0.15, 0.2) is 6.20 Å². The van der Waals surface area contributed by atoms with Crippen molar-refractivity contribution in [3.05, 3.63) is 31.0 Å². The third-order valence-corrected chi connectivity index (χ3v) is 2.85. The zero-order valence-electron chi connectivity index (χ0n) is 7.49. The maximum atomic E-state index is 12.6. The molecule has 0 bridgehead atoms. The Morgan fingerprint density at radius 2 is 2.19 bits per heavy atom. The second-order valence-electron chi connectivity index (χ2n) is 2.65. The van der Waals surface area contributed by atoms with E-state index in [2.05, 4.69) is 4.98 Å². The lowest BCUT2D eigenvalue weighted by molar-refractivity contribution is -0.391. The Balaban J connectivity index is 3.54. The van der Waals surface area contributed by atoms with E-state index in [9.17, 15) is 23.7 Å². The van der Waals surface area contributed by atoms with Gasteiger partial charge in [0.15, 0.2) is 6.20 Å². The van der Waals surface area contributed by atoms with Crippen molar-refractivity contribution in [2.75, 3.05) is 0 Å². The molecule has 0 aliphatic heterocycles.